The van der Waals surface area contributed by atoms with Gasteiger partial charge in [-0.2, -0.15) is 5.10 Å². The molecule has 10 heteroatoms. The van der Waals surface area contributed by atoms with Crippen LogP contribution in [0.2, 0.25) is 0 Å². The molecule has 1 amide bonds. The monoisotopic (exact) mass is 628 g/mol. The van der Waals surface area contributed by atoms with Crippen molar-refractivity contribution < 1.29 is 14.3 Å². The zero-order chi connectivity index (χ0) is 28.6. The Kier molecular flexibility index (Phi) is 9.12. The van der Waals surface area contributed by atoms with Crippen molar-refractivity contribution in [3.8, 4) is 17.2 Å². The van der Waals surface area contributed by atoms with Crippen molar-refractivity contribution in [1.29, 1.82) is 0 Å². The minimum atomic E-state index is -0.342. The third-order valence-electron chi connectivity index (χ3n) is 5.99. The first-order valence-corrected chi connectivity index (χ1v) is 14.4. The fourth-order valence-corrected chi connectivity index (χ4v) is 5.06. The molecule has 41 heavy (non-hydrogen) atoms. The van der Waals surface area contributed by atoms with Crippen molar-refractivity contribution in [3.63, 3.8) is 0 Å². The van der Waals surface area contributed by atoms with E-state index in [4.69, 9.17) is 9.47 Å². The van der Waals surface area contributed by atoms with E-state index in [0.717, 1.165) is 27.4 Å². The number of rotatable bonds is 10. The summed E-state index contributed by atoms with van der Waals surface area (Å²) in [6.45, 7) is 0.417. The van der Waals surface area contributed by atoms with Gasteiger partial charge in [-0.15, -0.1) is 0 Å². The number of para-hydroxylation sites is 1. The Labute approximate surface area is 249 Å². The number of nitrogens with one attached hydrogen (secondary N) is 1. The first-order chi connectivity index (χ1) is 20.0. The fourth-order valence-electron chi connectivity index (χ4n) is 3.99. The zero-order valence-corrected chi connectivity index (χ0v) is 24.4. The molecule has 5 aromatic rings. The first-order valence-electron chi connectivity index (χ1n) is 12.6. The van der Waals surface area contributed by atoms with E-state index in [0.29, 0.717) is 39.9 Å². The first kappa shape index (κ1) is 28.1. The molecule has 0 fully saturated rings. The molecule has 0 unspecified atom stereocenters. The lowest BCUT2D eigenvalue weighted by Crippen LogP contribution is -2.24. The molecule has 0 radical (unpaired) electrons. The highest BCUT2D eigenvalue weighted by Gasteiger charge is 2.15. The van der Waals surface area contributed by atoms with E-state index >= 15 is 0 Å². The third kappa shape index (κ3) is 7.03. The van der Waals surface area contributed by atoms with Gasteiger partial charge in [0.1, 0.15) is 6.61 Å². The maximum Gasteiger partial charge on any atom is 0.266 e. The van der Waals surface area contributed by atoms with E-state index in [-0.39, 0.29) is 17.2 Å². The van der Waals surface area contributed by atoms with Crippen LogP contribution in [0, 0.1) is 0 Å². The molecule has 206 valence electrons. The van der Waals surface area contributed by atoms with Crippen LogP contribution < -0.4 is 20.5 Å². The van der Waals surface area contributed by atoms with E-state index in [1.54, 1.807) is 37.4 Å². The van der Waals surface area contributed by atoms with Crippen molar-refractivity contribution in [2.75, 3.05) is 12.9 Å². The molecule has 4 aromatic carbocycles. The second kappa shape index (κ2) is 13.3. The smallest absolute Gasteiger partial charge is 0.266 e. The Morgan fingerprint density at radius 3 is 2.54 bits per heavy atom. The third-order valence-corrected chi connectivity index (χ3v) is 7.46. The number of hydrazone groups is 1. The van der Waals surface area contributed by atoms with Crippen LogP contribution in [0.5, 0.6) is 11.5 Å². The van der Waals surface area contributed by atoms with Crippen LogP contribution >= 0.6 is 27.7 Å². The van der Waals surface area contributed by atoms with Crippen LogP contribution in [0.4, 0.5) is 0 Å². The van der Waals surface area contributed by atoms with Crippen LogP contribution in [0.15, 0.2) is 117 Å². The van der Waals surface area contributed by atoms with Gasteiger partial charge in [-0.1, -0.05) is 70.2 Å². The highest BCUT2D eigenvalue weighted by Crippen LogP contribution is 2.28. The summed E-state index contributed by atoms with van der Waals surface area (Å²) in [6.07, 6.45) is 1.53. The second-order valence-electron chi connectivity index (χ2n) is 8.79. The van der Waals surface area contributed by atoms with Crippen molar-refractivity contribution in [1.82, 2.24) is 15.0 Å². The molecule has 0 spiro atoms. The maximum atomic E-state index is 13.4. The predicted molar refractivity (Wildman–Crippen MR) is 165 cm³/mol. The zero-order valence-electron chi connectivity index (χ0n) is 22.0. The highest BCUT2D eigenvalue weighted by molar-refractivity contribution is 9.10. The molecule has 0 saturated heterocycles. The lowest BCUT2D eigenvalue weighted by molar-refractivity contribution is -0.118. The van der Waals surface area contributed by atoms with E-state index in [1.165, 1.54) is 10.8 Å². The van der Waals surface area contributed by atoms with Gasteiger partial charge >= 0.3 is 0 Å². The van der Waals surface area contributed by atoms with Gasteiger partial charge in [0.05, 0.1) is 35.7 Å². The van der Waals surface area contributed by atoms with Crippen LogP contribution in [-0.4, -0.2) is 34.5 Å². The molecule has 0 atom stereocenters. The number of nitrogens with zero attached hydrogens (tertiary/aromatic N) is 3. The largest absolute Gasteiger partial charge is 0.493 e. The average molecular weight is 630 g/mol. The van der Waals surface area contributed by atoms with Gasteiger partial charge < -0.3 is 9.47 Å². The quantitative estimate of drug-likeness (QED) is 0.0885. The fraction of sp³-hybridized carbons (Fsp3) is 0.0968. The lowest BCUT2D eigenvalue weighted by Gasteiger charge is -2.13. The summed E-state index contributed by atoms with van der Waals surface area (Å²) in [7, 11) is 1.57. The van der Waals surface area contributed by atoms with Crippen LogP contribution in [0.25, 0.3) is 16.6 Å². The summed E-state index contributed by atoms with van der Waals surface area (Å²) < 4.78 is 13.8. The summed E-state index contributed by atoms with van der Waals surface area (Å²) in [5, 5.41) is 4.99. The summed E-state index contributed by atoms with van der Waals surface area (Å²) in [5.74, 6) is 0.827. The number of ether oxygens (including phenoxy) is 2. The van der Waals surface area contributed by atoms with Crippen molar-refractivity contribution in [3.05, 3.63) is 123 Å². The molecule has 0 aliphatic rings. The minimum Gasteiger partial charge on any atom is -0.493 e. The molecule has 0 bridgehead atoms. The van der Waals surface area contributed by atoms with Gasteiger partial charge in [0.25, 0.3) is 11.5 Å². The SMILES string of the molecule is COc1cc(/C=N\NC(=O)CSc2nc3ccccc3c(=O)n2-c2ccc(Br)cc2)ccc1OCc1ccccc1. The van der Waals surface area contributed by atoms with Crippen LogP contribution in [-0.2, 0) is 11.4 Å². The number of carbonyl (C=O) groups is 1. The summed E-state index contributed by atoms with van der Waals surface area (Å²) in [4.78, 5) is 30.7. The summed E-state index contributed by atoms with van der Waals surface area (Å²) in [6, 6.07) is 29.8. The summed E-state index contributed by atoms with van der Waals surface area (Å²) >= 11 is 4.58. The highest BCUT2D eigenvalue weighted by atomic mass is 79.9. The second-order valence-corrected chi connectivity index (χ2v) is 10.7. The van der Waals surface area contributed by atoms with Gasteiger partial charge in [-0.3, -0.25) is 14.2 Å². The Balaban J connectivity index is 1.25. The molecule has 1 aromatic heterocycles. The van der Waals surface area contributed by atoms with E-state index in [1.807, 2.05) is 66.7 Å². The number of thioether (sulfide) groups is 1. The molecular formula is C31H25BrN4O4S. The Hall–Kier alpha value is -4.41. The van der Waals surface area contributed by atoms with Gasteiger partial charge in [0.15, 0.2) is 16.7 Å². The number of carbonyl (C=O) groups excluding carboxylic acids is 1. The van der Waals surface area contributed by atoms with Crippen LogP contribution in [0.3, 0.4) is 0 Å². The molecule has 8 nitrogen and oxygen atoms in total. The molecule has 1 heterocycles. The number of aromatic nitrogens is 2. The van der Waals surface area contributed by atoms with Gasteiger partial charge in [0, 0.05) is 4.47 Å². The molecule has 0 aliphatic carbocycles. The molecule has 5 rings (SSSR count). The molecular weight excluding hydrogens is 604 g/mol. The van der Waals surface area contributed by atoms with Gasteiger partial charge in [0.2, 0.25) is 0 Å². The average Bonchev–Trinajstić information content (AvgIpc) is 3.00. The van der Waals surface area contributed by atoms with Crippen molar-refractivity contribution in [2.45, 2.75) is 11.8 Å². The molecule has 0 saturated carbocycles. The molecule has 1 N–H and O–H groups in total. The van der Waals surface area contributed by atoms with E-state index in [2.05, 4.69) is 31.4 Å². The number of benzene rings is 4. The maximum absolute atomic E-state index is 13.4. The van der Waals surface area contributed by atoms with E-state index < -0.39 is 0 Å². The topological polar surface area (TPSA) is 94.8 Å². The number of hydrogen-bond donors (Lipinski definition) is 1. The van der Waals surface area contributed by atoms with Crippen molar-refractivity contribution >= 4 is 50.7 Å². The summed E-state index contributed by atoms with van der Waals surface area (Å²) in [5.41, 5.74) is 5.33. The van der Waals surface area contributed by atoms with Crippen LogP contribution in [0.1, 0.15) is 11.1 Å². The normalized spacial score (nSPS) is 11.1. The van der Waals surface area contributed by atoms with Gasteiger partial charge in [-0.25, -0.2) is 10.4 Å². The Bertz CT molecular complexity index is 1760. The minimum absolute atomic E-state index is 0.00817. The Morgan fingerprint density at radius 2 is 1.76 bits per heavy atom. The number of amides is 1. The van der Waals surface area contributed by atoms with Crippen molar-refractivity contribution in [2.24, 2.45) is 5.10 Å². The number of fused-ring (bicyclic) bond motifs is 1. The Morgan fingerprint density at radius 1 is 1.00 bits per heavy atom. The van der Waals surface area contributed by atoms with Gasteiger partial charge in [-0.05, 0) is 65.7 Å². The lowest BCUT2D eigenvalue weighted by atomic mass is 10.2. The molecule has 0 aliphatic heterocycles. The number of halogens is 1. The predicted octanol–water partition coefficient (Wildman–Crippen LogP) is 5.98. The van der Waals surface area contributed by atoms with E-state index in [9.17, 15) is 9.59 Å². The standard InChI is InChI=1S/C31H25BrN4O4S/c1-39-28-17-22(11-16-27(28)40-19-21-7-3-2-4-8-21)18-33-35-29(37)20-41-31-34-26-10-6-5-9-25(26)30(38)36(31)24-14-12-23(32)13-15-24/h2-18H,19-20H2,1H3,(H,35,37)/b33-18-. The number of hydrogen-bond acceptors (Lipinski definition) is 7. The number of methoxy groups -OCH3 is 1.